The van der Waals surface area contributed by atoms with Gasteiger partial charge in [-0.15, -0.1) is 0 Å². The van der Waals surface area contributed by atoms with Crippen molar-refractivity contribution in [3.63, 3.8) is 0 Å². The van der Waals surface area contributed by atoms with Gasteiger partial charge in [0.2, 0.25) is 15.9 Å². The van der Waals surface area contributed by atoms with Gasteiger partial charge in [-0.05, 0) is 52.8 Å². The Kier molecular flexibility index (Phi) is 7.78. The summed E-state index contributed by atoms with van der Waals surface area (Å²) in [6, 6.07) is 4.27. The standard InChI is InChI=1S/C19H29Cl2N3O3S/c1-13(2)24(14(3)4)19(25)15(5)22-8-10-23(11-9-22)28(26,27)16-6-7-17(20)18(21)12-16/h6-7,12-15H,8-11H2,1-5H3. The highest BCUT2D eigenvalue weighted by atomic mass is 35.5. The van der Waals surface area contributed by atoms with E-state index in [1.807, 2.05) is 44.4 Å². The zero-order valence-corrected chi connectivity index (χ0v) is 19.4. The molecule has 0 aliphatic carbocycles. The highest BCUT2D eigenvalue weighted by Crippen LogP contribution is 2.27. The van der Waals surface area contributed by atoms with E-state index in [9.17, 15) is 13.2 Å². The fraction of sp³-hybridized carbons (Fsp3) is 0.632. The average Bonchev–Trinajstić information content (AvgIpc) is 2.62. The van der Waals surface area contributed by atoms with E-state index < -0.39 is 10.0 Å². The SMILES string of the molecule is CC(C(=O)N(C(C)C)C(C)C)N1CCN(S(=O)(=O)c2ccc(Cl)c(Cl)c2)CC1. The molecule has 158 valence electrons. The van der Waals surface area contributed by atoms with Crippen LogP contribution in [0, 0.1) is 0 Å². The summed E-state index contributed by atoms with van der Waals surface area (Å²) >= 11 is 11.9. The summed E-state index contributed by atoms with van der Waals surface area (Å²) in [5, 5.41) is 0.528. The lowest BCUT2D eigenvalue weighted by Gasteiger charge is -2.40. The molecule has 1 aromatic carbocycles. The highest BCUT2D eigenvalue weighted by Gasteiger charge is 2.34. The number of carbonyl (C=O) groups excluding carboxylic acids is 1. The van der Waals surface area contributed by atoms with Crippen molar-refractivity contribution in [1.82, 2.24) is 14.1 Å². The van der Waals surface area contributed by atoms with Crippen LogP contribution in [0.1, 0.15) is 34.6 Å². The largest absolute Gasteiger partial charge is 0.336 e. The van der Waals surface area contributed by atoms with Gasteiger partial charge >= 0.3 is 0 Å². The Bertz CT molecular complexity index is 799. The van der Waals surface area contributed by atoms with E-state index in [1.54, 1.807) is 0 Å². The van der Waals surface area contributed by atoms with Gasteiger partial charge in [0.25, 0.3) is 0 Å². The molecule has 1 fully saturated rings. The number of carbonyl (C=O) groups is 1. The average molecular weight is 450 g/mol. The summed E-state index contributed by atoms with van der Waals surface area (Å²) in [4.78, 5) is 17.0. The molecule has 0 spiro atoms. The molecule has 1 atom stereocenters. The van der Waals surface area contributed by atoms with Crippen molar-refractivity contribution in [2.75, 3.05) is 26.2 Å². The molecule has 28 heavy (non-hydrogen) atoms. The molecule has 6 nitrogen and oxygen atoms in total. The van der Waals surface area contributed by atoms with E-state index in [2.05, 4.69) is 0 Å². The van der Waals surface area contributed by atoms with Crippen LogP contribution >= 0.6 is 23.2 Å². The van der Waals surface area contributed by atoms with Gasteiger partial charge < -0.3 is 4.90 Å². The maximum atomic E-state index is 12.9. The summed E-state index contributed by atoms with van der Waals surface area (Å²) in [5.41, 5.74) is 0. The van der Waals surface area contributed by atoms with Crippen molar-refractivity contribution in [3.05, 3.63) is 28.2 Å². The molecule has 0 saturated carbocycles. The number of piperazine rings is 1. The molecule has 0 N–H and O–H groups in total. The predicted molar refractivity (Wildman–Crippen MR) is 113 cm³/mol. The minimum absolute atomic E-state index is 0.0748. The number of sulfonamides is 1. The zero-order chi connectivity index (χ0) is 21.2. The van der Waals surface area contributed by atoms with Gasteiger partial charge in [-0.1, -0.05) is 23.2 Å². The number of nitrogens with zero attached hydrogens (tertiary/aromatic N) is 3. The molecule has 2 rings (SSSR count). The molecule has 9 heteroatoms. The number of amides is 1. The van der Waals surface area contributed by atoms with Gasteiger partial charge in [0.1, 0.15) is 0 Å². The first-order chi connectivity index (χ1) is 13.0. The zero-order valence-electron chi connectivity index (χ0n) is 17.0. The Hall–Kier alpha value is -0.860. The number of benzene rings is 1. The molecular weight excluding hydrogens is 421 g/mol. The molecule has 0 aromatic heterocycles. The van der Waals surface area contributed by atoms with Gasteiger partial charge in [0.05, 0.1) is 21.0 Å². The number of hydrogen-bond donors (Lipinski definition) is 0. The van der Waals surface area contributed by atoms with Gasteiger partial charge in [-0.25, -0.2) is 8.42 Å². The van der Waals surface area contributed by atoms with Crippen LogP contribution in [-0.2, 0) is 14.8 Å². The predicted octanol–water partition coefficient (Wildman–Crippen LogP) is 3.33. The van der Waals surface area contributed by atoms with Gasteiger partial charge in [0, 0.05) is 38.3 Å². The van der Waals surface area contributed by atoms with E-state index in [-0.39, 0.29) is 34.0 Å². The summed E-state index contributed by atoms with van der Waals surface area (Å²) in [6.07, 6.45) is 0. The van der Waals surface area contributed by atoms with Crippen LogP contribution in [0.15, 0.2) is 23.1 Å². The molecule has 1 heterocycles. The number of halogens is 2. The molecule has 1 unspecified atom stereocenters. The van der Waals surface area contributed by atoms with Crippen molar-refractivity contribution >= 4 is 39.1 Å². The van der Waals surface area contributed by atoms with Crippen molar-refractivity contribution in [2.24, 2.45) is 0 Å². The Labute approximate surface area is 178 Å². The Morgan fingerprint density at radius 1 is 0.964 bits per heavy atom. The Morgan fingerprint density at radius 3 is 1.96 bits per heavy atom. The van der Waals surface area contributed by atoms with E-state index in [0.717, 1.165) is 0 Å². The first kappa shape index (κ1) is 23.4. The molecule has 0 bridgehead atoms. The molecule has 1 aliphatic heterocycles. The van der Waals surface area contributed by atoms with Crippen molar-refractivity contribution < 1.29 is 13.2 Å². The second-order valence-electron chi connectivity index (χ2n) is 7.62. The van der Waals surface area contributed by atoms with Crippen LogP contribution in [-0.4, -0.2) is 72.7 Å². The van der Waals surface area contributed by atoms with Crippen LogP contribution in [0.3, 0.4) is 0 Å². The molecule has 1 saturated heterocycles. The molecule has 1 aliphatic rings. The van der Waals surface area contributed by atoms with Crippen LogP contribution in [0.5, 0.6) is 0 Å². The summed E-state index contributed by atoms with van der Waals surface area (Å²) in [5.74, 6) is 0.0748. The normalized spacial score (nSPS) is 17.9. The minimum Gasteiger partial charge on any atom is -0.336 e. The summed E-state index contributed by atoms with van der Waals surface area (Å²) in [6.45, 7) is 11.6. The molecule has 1 amide bonds. The van der Waals surface area contributed by atoms with E-state index in [1.165, 1.54) is 22.5 Å². The lowest BCUT2D eigenvalue weighted by atomic mass is 10.1. The Morgan fingerprint density at radius 2 is 1.50 bits per heavy atom. The quantitative estimate of drug-likeness (QED) is 0.667. The third-order valence-corrected chi connectivity index (χ3v) is 7.71. The summed E-state index contributed by atoms with van der Waals surface area (Å²) < 4.78 is 27.2. The van der Waals surface area contributed by atoms with Crippen molar-refractivity contribution in [3.8, 4) is 0 Å². The first-order valence-electron chi connectivity index (χ1n) is 9.48. The van der Waals surface area contributed by atoms with E-state index in [4.69, 9.17) is 23.2 Å². The maximum Gasteiger partial charge on any atom is 0.243 e. The van der Waals surface area contributed by atoms with Crippen LogP contribution in [0.25, 0.3) is 0 Å². The fourth-order valence-electron chi connectivity index (χ4n) is 3.59. The van der Waals surface area contributed by atoms with Crippen molar-refractivity contribution in [2.45, 2.75) is 57.6 Å². The monoisotopic (exact) mass is 449 g/mol. The summed E-state index contributed by atoms with van der Waals surface area (Å²) in [7, 11) is -3.65. The topological polar surface area (TPSA) is 60.9 Å². The van der Waals surface area contributed by atoms with Gasteiger partial charge in [0.15, 0.2) is 0 Å². The van der Waals surface area contributed by atoms with E-state index in [0.29, 0.717) is 31.2 Å². The van der Waals surface area contributed by atoms with Crippen molar-refractivity contribution in [1.29, 1.82) is 0 Å². The van der Waals surface area contributed by atoms with Gasteiger partial charge in [-0.3, -0.25) is 9.69 Å². The lowest BCUT2D eigenvalue weighted by molar-refractivity contribution is -0.140. The number of hydrogen-bond acceptors (Lipinski definition) is 4. The second kappa shape index (κ2) is 9.30. The van der Waals surface area contributed by atoms with Crippen LogP contribution < -0.4 is 0 Å². The fourth-order valence-corrected chi connectivity index (χ4v) is 5.41. The molecule has 0 radical (unpaired) electrons. The Balaban J connectivity index is 2.07. The third kappa shape index (κ3) is 5.00. The minimum atomic E-state index is -3.65. The first-order valence-corrected chi connectivity index (χ1v) is 11.7. The second-order valence-corrected chi connectivity index (χ2v) is 10.4. The van der Waals surface area contributed by atoms with E-state index >= 15 is 0 Å². The van der Waals surface area contributed by atoms with Crippen LogP contribution in [0.2, 0.25) is 10.0 Å². The number of rotatable bonds is 6. The smallest absolute Gasteiger partial charge is 0.243 e. The lowest BCUT2D eigenvalue weighted by Crippen LogP contribution is -2.57. The van der Waals surface area contributed by atoms with Crippen LogP contribution in [0.4, 0.5) is 0 Å². The maximum absolute atomic E-state index is 12.9. The third-order valence-electron chi connectivity index (χ3n) is 5.07. The highest BCUT2D eigenvalue weighted by molar-refractivity contribution is 7.89. The molecular formula is C19H29Cl2N3O3S. The van der Waals surface area contributed by atoms with Gasteiger partial charge in [-0.2, -0.15) is 4.31 Å². The molecule has 1 aromatic rings.